The van der Waals surface area contributed by atoms with Crippen LogP contribution in [0.4, 0.5) is 0 Å². The van der Waals surface area contributed by atoms with E-state index >= 15 is 0 Å². The second-order valence-corrected chi connectivity index (χ2v) is 8.49. The fourth-order valence-corrected chi connectivity index (χ4v) is 4.17. The fourth-order valence-electron chi connectivity index (χ4n) is 3.30. The van der Waals surface area contributed by atoms with E-state index in [0.717, 1.165) is 5.92 Å². The molecule has 0 saturated heterocycles. The largest absolute Gasteiger partial charge is 0.130 e. The number of hydrogen-bond acceptors (Lipinski definition) is 0. The molecule has 0 bridgehead atoms. The molecule has 0 amide bonds. The van der Waals surface area contributed by atoms with E-state index in [1.807, 2.05) is 0 Å². The molecule has 0 aromatic heterocycles. The highest BCUT2D eigenvalue weighted by Crippen LogP contribution is 2.57. The first-order valence-electron chi connectivity index (χ1n) is 6.38. The molecule has 0 aromatic carbocycles. The Kier molecular flexibility index (Phi) is 3.62. The topological polar surface area (TPSA) is 0 Å². The fraction of sp³-hybridized carbons (Fsp3) is 1.00. The molecule has 15 heavy (non-hydrogen) atoms. The van der Waals surface area contributed by atoms with Crippen LogP contribution in [0.1, 0.15) is 67.2 Å². The molecule has 0 heterocycles. The van der Waals surface area contributed by atoms with E-state index in [-0.39, 0.29) is 0 Å². The van der Waals surface area contributed by atoms with Gasteiger partial charge in [-0.15, -0.1) is 9.24 Å². The van der Waals surface area contributed by atoms with E-state index in [2.05, 4.69) is 50.8 Å². The van der Waals surface area contributed by atoms with Crippen LogP contribution in [0.15, 0.2) is 0 Å². The summed E-state index contributed by atoms with van der Waals surface area (Å²) in [5.74, 6) is 0.837. The Morgan fingerprint density at radius 1 is 1.00 bits per heavy atom. The summed E-state index contributed by atoms with van der Waals surface area (Å²) >= 11 is 0. The quantitative estimate of drug-likeness (QED) is 0.518. The van der Waals surface area contributed by atoms with E-state index in [1.165, 1.54) is 25.7 Å². The molecule has 3 atom stereocenters. The summed E-state index contributed by atoms with van der Waals surface area (Å²) in [6.07, 6.45) is 5.62. The lowest BCUT2D eigenvalue weighted by Gasteiger charge is -2.55. The lowest BCUT2D eigenvalue weighted by atomic mass is 9.58. The van der Waals surface area contributed by atoms with Crippen LogP contribution in [0.25, 0.3) is 0 Å². The Labute approximate surface area is 98.8 Å². The molecular weight excluding hydrogens is 199 g/mol. The van der Waals surface area contributed by atoms with Gasteiger partial charge in [0.25, 0.3) is 0 Å². The summed E-state index contributed by atoms with van der Waals surface area (Å²) in [6, 6.07) is 0. The maximum Gasteiger partial charge on any atom is -0.00687 e. The summed E-state index contributed by atoms with van der Waals surface area (Å²) in [6.45, 7) is 14.5. The van der Waals surface area contributed by atoms with Crippen LogP contribution in [0.5, 0.6) is 0 Å². The molecule has 1 rings (SSSR count). The van der Waals surface area contributed by atoms with Crippen molar-refractivity contribution < 1.29 is 0 Å². The number of rotatable bonds is 0. The molecule has 0 aliphatic heterocycles. The molecule has 0 N–H and O–H groups in total. The van der Waals surface area contributed by atoms with Crippen molar-refractivity contribution >= 4 is 9.24 Å². The van der Waals surface area contributed by atoms with Crippen molar-refractivity contribution in [2.75, 3.05) is 0 Å². The molecule has 1 saturated carbocycles. The van der Waals surface area contributed by atoms with Crippen LogP contribution < -0.4 is 0 Å². The Morgan fingerprint density at radius 3 is 1.87 bits per heavy atom. The molecule has 1 aliphatic carbocycles. The molecule has 1 heteroatoms. The van der Waals surface area contributed by atoms with Gasteiger partial charge in [0.15, 0.2) is 0 Å². The van der Waals surface area contributed by atoms with E-state index in [0.29, 0.717) is 16.0 Å². The van der Waals surface area contributed by atoms with Crippen LogP contribution in [0.3, 0.4) is 0 Å². The maximum atomic E-state index is 3.24. The molecule has 0 radical (unpaired) electrons. The van der Waals surface area contributed by atoms with Gasteiger partial charge in [-0.05, 0) is 34.7 Å². The van der Waals surface area contributed by atoms with Gasteiger partial charge in [-0.25, -0.2) is 0 Å². The predicted octanol–water partition coefficient (Wildman–Crippen LogP) is 4.88. The Hall–Kier alpha value is 0.430. The van der Waals surface area contributed by atoms with Gasteiger partial charge in [-0.2, -0.15) is 0 Å². The molecule has 0 aromatic rings. The number of hydrogen-bond donors (Lipinski definition) is 0. The van der Waals surface area contributed by atoms with E-state index in [9.17, 15) is 0 Å². The molecular formula is C14H29P. The van der Waals surface area contributed by atoms with Crippen molar-refractivity contribution in [3.8, 4) is 0 Å². The lowest BCUT2D eigenvalue weighted by Crippen LogP contribution is -2.50. The highest BCUT2D eigenvalue weighted by Gasteiger charge is 2.49. The van der Waals surface area contributed by atoms with E-state index in [4.69, 9.17) is 0 Å². The third kappa shape index (κ3) is 2.57. The zero-order chi connectivity index (χ0) is 11.9. The van der Waals surface area contributed by atoms with Crippen molar-refractivity contribution in [2.24, 2.45) is 16.7 Å². The Morgan fingerprint density at radius 2 is 1.53 bits per heavy atom. The summed E-state index contributed by atoms with van der Waals surface area (Å²) < 4.78 is 0. The summed E-state index contributed by atoms with van der Waals surface area (Å²) in [4.78, 5) is 0. The van der Waals surface area contributed by atoms with Crippen molar-refractivity contribution in [3.63, 3.8) is 0 Å². The second kappa shape index (κ2) is 4.02. The smallest absolute Gasteiger partial charge is 0.00687 e. The van der Waals surface area contributed by atoms with Crippen LogP contribution in [-0.2, 0) is 0 Å². The van der Waals surface area contributed by atoms with Gasteiger partial charge < -0.3 is 0 Å². The Balaban J connectivity index is 3.02. The maximum absolute atomic E-state index is 3.24. The van der Waals surface area contributed by atoms with Crippen molar-refractivity contribution in [1.82, 2.24) is 0 Å². The minimum absolute atomic E-state index is 0.399. The summed E-state index contributed by atoms with van der Waals surface area (Å²) in [5.41, 5.74) is 0.839. The summed E-state index contributed by atoms with van der Waals surface area (Å²) in [5, 5.41) is 0.434. The van der Waals surface area contributed by atoms with Crippen molar-refractivity contribution in [3.05, 3.63) is 0 Å². The zero-order valence-corrected chi connectivity index (χ0v) is 12.6. The summed E-state index contributed by atoms with van der Waals surface area (Å²) in [7, 11) is 3.24. The third-order valence-corrected chi connectivity index (χ3v) is 5.95. The van der Waals surface area contributed by atoms with Gasteiger partial charge in [-0.3, -0.25) is 0 Å². The molecule has 1 aliphatic rings. The van der Waals surface area contributed by atoms with Crippen LogP contribution >= 0.6 is 9.24 Å². The predicted molar refractivity (Wildman–Crippen MR) is 73.3 cm³/mol. The van der Waals surface area contributed by atoms with Crippen LogP contribution in [-0.4, -0.2) is 5.16 Å². The molecule has 1 fully saturated rings. The minimum atomic E-state index is 0.399. The SMILES string of the molecule is CC(C)(C)C1CCCCC1(P)C(C)(C)C. The average molecular weight is 228 g/mol. The molecule has 0 nitrogen and oxygen atoms in total. The lowest BCUT2D eigenvalue weighted by molar-refractivity contribution is 0.0621. The van der Waals surface area contributed by atoms with Gasteiger partial charge in [0.1, 0.15) is 0 Å². The van der Waals surface area contributed by atoms with Crippen molar-refractivity contribution in [2.45, 2.75) is 72.4 Å². The molecule has 0 spiro atoms. The van der Waals surface area contributed by atoms with E-state index < -0.39 is 0 Å². The molecule has 3 unspecified atom stereocenters. The van der Waals surface area contributed by atoms with Crippen molar-refractivity contribution in [1.29, 1.82) is 0 Å². The monoisotopic (exact) mass is 228 g/mol. The van der Waals surface area contributed by atoms with Crippen LogP contribution in [0.2, 0.25) is 0 Å². The third-order valence-electron chi connectivity index (χ3n) is 4.40. The van der Waals surface area contributed by atoms with Crippen LogP contribution in [0, 0.1) is 16.7 Å². The van der Waals surface area contributed by atoms with Gasteiger partial charge in [0.05, 0.1) is 0 Å². The first-order valence-corrected chi connectivity index (χ1v) is 6.96. The first kappa shape index (κ1) is 13.5. The van der Waals surface area contributed by atoms with Gasteiger partial charge in [0.2, 0.25) is 0 Å². The zero-order valence-electron chi connectivity index (χ0n) is 11.5. The second-order valence-electron chi connectivity index (χ2n) is 7.45. The highest BCUT2D eigenvalue weighted by molar-refractivity contribution is 7.19. The average Bonchev–Trinajstić information content (AvgIpc) is 2.00. The van der Waals surface area contributed by atoms with E-state index in [1.54, 1.807) is 0 Å². The molecule has 90 valence electrons. The normalized spacial score (nSPS) is 34.2. The van der Waals surface area contributed by atoms with Gasteiger partial charge in [-0.1, -0.05) is 54.4 Å². The minimum Gasteiger partial charge on any atom is -0.130 e. The highest BCUT2D eigenvalue weighted by atomic mass is 31.0. The Bertz CT molecular complexity index is 218. The standard InChI is InChI=1S/C14H29P/c1-12(2,3)11-9-7-8-10-14(11,15)13(4,5)6/h11H,7-10,15H2,1-6H3. The van der Waals surface area contributed by atoms with Gasteiger partial charge >= 0.3 is 0 Å². The first-order chi connectivity index (χ1) is 6.59. The van der Waals surface area contributed by atoms with Gasteiger partial charge in [0, 0.05) is 0 Å².